The van der Waals surface area contributed by atoms with Gasteiger partial charge in [-0.05, 0) is 29.3 Å². The lowest BCUT2D eigenvalue weighted by Gasteiger charge is -2.09. The summed E-state index contributed by atoms with van der Waals surface area (Å²) in [7, 11) is 0. The Morgan fingerprint density at radius 2 is 1.95 bits per heavy atom. The molecule has 4 heteroatoms. The third-order valence-corrected chi connectivity index (χ3v) is 3.61. The number of hydrazone groups is 1. The van der Waals surface area contributed by atoms with E-state index in [1.165, 1.54) is 11.3 Å². The number of carbonyl (C=O) groups is 1. The van der Waals surface area contributed by atoms with Gasteiger partial charge in [-0.1, -0.05) is 50.2 Å². The van der Waals surface area contributed by atoms with Gasteiger partial charge in [-0.3, -0.25) is 4.79 Å². The summed E-state index contributed by atoms with van der Waals surface area (Å²) >= 11 is 1.41. The number of thiophene rings is 1. The van der Waals surface area contributed by atoms with Gasteiger partial charge in [0.05, 0.1) is 10.6 Å². The van der Waals surface area contributed by atoms with E-state index >= 15 is 0 Å². The molecule has 0 saturated heterocycles. The molecule has 1 amide bonds. The van der Waals surface area contributed by atoms with Crippen LogP contribution in [-0.2, 0) is 0 Å². The number of nitrogens with one attached hydrogen (secondary N) is 1. The fraction of sp³-hybridized carbons (Fsp3) is 0.250. The molecule has 20 heavy (non-hydrogen) atoms. The summed E-state index contributed by atoms with van der Waals surface area (Å²) in [6.45, 7) is 4.28. The number of benzene rings is 1. The Morgan fingerprint density at radius 1 is 1.20 bits per heavy atom. The van der Waals surface area contributed by atoms with Crippen molar-refractivity contribution in [3.8, 4) is 0 Å². The molecule has 0 bridgehead atoms. The van der Waals surface area contributed by atoms with Crippen molar-refractivity contribution >= 4 is 23.0 Å². The van der Waals surface area contributed by atoms with Gasteiger partial charge in [0.1, 0.15) is 0 Å². The third kappa shape index (κ3) is 4.03. The van der Waals surface area contributed by atoms with E-state index in [0.717, 1.165) is 17.7 Å². The Bertz CT molecular complexity index is 574. The molecule has 2 rings (SSSR count). The molecule has 0 fully saturated rings. The SMILES string of the molecule is CC(C)CC(=NNC(=O)c1cccs1)c1ccccc1. The molecule has 1 heterocycles. The lowest BCUT2D eigenvalue weighted by molar-refractivity contribution is 0.0959. The van der Waals surface area contributed by atoms with E-state index in [9.17, 15) is 4.79 Å². The van der Waals surface area contributed by atoms with Crippen molar-refractivity contribution in [2.45, 2.75) is 20.3 Å². The number of nitrogens with zero attached hydrogens (tertiary/aromatic N) is 1. The van der Waals surface area contributed by atoms with Crippen molar-refractivity contribution in [2.24, 2.45) is 11.0 Å². The summed E-state index contributed by atoms with van der Waals surface area (Å²) in [5.74, 6) is 0.324. The van der Waals surface area contributed by atoms with Crippen LogP contribution in [0.4, 0.5) is 0 Å². The van der Waals surface area contributed by atoms with Gasteiger partial charge in [-0.2, -0.15) is 5.10 Å². The summed E-state index contributed by atoms with van der Waals surface area (Å²) < 4.78 is 0. The van der Waals surface area contributed by atoms with Gasteiger partial charge in [0.25, 0.3) is 5.91 Å². The second-order valence-corrected chi connectivity index (χ2v) is 5.89. The van der Waals surface area contributed by atoms with Crippen LogP contribution < -0.4 is 5.43 Å². The van der Waals surface area contributed by atoms with Crippen molar-refractivity contribution in [2.75, 3.05) is 0 Å². The van der Waals surface area contributed by atoms with Gasteiger partial charge in [0.2, 0.25) is 0 Å². The Morgan fingerprint density at radius 3 is 2.55 bits per heavy atom. The van der Waals surface area contributed by atoms with Crippen LogP contribution in [0.3, 0.4) is 0 Å². The first-order valence-electron chi connectivity index (χ1n) is 6.62. The van der Waals surface area contributed by atoms with E-state index in [1.807, 2.05) is 41.8 Å². The summed E-state index contributed by atoms with van der Waals surface area (Å²) in [6, 6.07) is 13.6. The standard InChI is InChI=1S/C16H18N2OS/c1-12(2)11-14(13-7-4-3-5-8-13)17-18-16(19)15-9-6-10-20-15/h3-10,12H,11H2,1-2H3,(H,18,19). The molecule has 104 valence electrons. The minimum atomic E-state index is -0.155. The quantitative estimate of drug-likeness (QED) is 0.656. The molecule has 2 aromatic rings. The number of rotatable bonds is 5. The lowest BCUT2D eigenvalue weighted by Crippen LogP contribution is -2.19. The zero-order chi connectivity index (χ0) is 14.4. The molecule has 0 saturated carbocycles. The van der Waals surface area contributed by atoms with Crippen LogP contribution in [0.5, 0.6) is 0 Å². The van der Waals surface area contributed by atoms with Gasteiger partial charge in [-0.25, -0.2) is 5.43 Å². The van der Waals surface area contributed by atoms with Crippen LogP contribution in [0.2, 0.25) is 0 Å². The smallest absolute Gasteiger partial charge is 0.266 e. The predicted octanol–water partition coefficient (Wildman–Crippen LogP) is 3.93. The summed E-state index contributed by atoms with van der Waals surface area (Å²) in [5, 5.41) is 6.19. The second kappa shape index (κ2) is 7.01. The van der Waals surface area contributed by atoms with E-state index < -0.39 is 0 Å². The zero-order valence-electron chi connectivity index (χ0n) is 11.7. The van der Waals surface area contributed by atoms with Gasteiger partial charge < -0.3 is 0 Å². The minimum absolute atomic E-state index is 0.155. The molecule has 0 atom stereocenters. The van der Waals surface area contributed by atoms with Crippen LogP contribution in [0, 0.1) is 5.92 Å². The second-order valence-electron chi connectivity index (χ2n) is 4.94. The maximum atomic E-state index is 11.9. The number of amides is 1. The van der Waals surface area contributed by atoms with Gasteiger partial charge >= 0.3 is 0 Å². The summed E-state index contributed by atoms with van der Waals surface area (Å²) in [4.78, 5) is 12.6. The highest BCUT2D eigenvalue weighted by Gasteiger charge is 2.09. The maximum Gasteiger partial charge on any atom is 0.281 e. The average Bonchev–Trinajstić information content (AvgIpc) is 2.98. The molecule has 3 nitrogen and oxygen atoms in total. The van der Waals surface area contributed by atoms with E-state index in [1.54, 1.807) is 6.07 Å². The van der Waals surface area contributed by atoms with Crippen LogP contribution in [-0.4, -0.2) is 11.6 Å². The van der Waals surface area contributed by atoms with E-state index in [4.69, 9.17) is 0 Å². The van der Waals surface area contributed by atoms with Crippen molar-refractivity contribution < 1.29 is 4.79 Å². The molecule has 0 aliphatic carbocycles. The highest BCUT2D eigenvalue weighted by molar-refractivity contribution is 7.12. The maximum absolute atomic E-state index is 11.9. The van der Waals surface area contributed by atoms with Gasteiger partial charge in [0, 0.05) is 0 Å². The van der Waals surface area contributed by atoms with E-state index in [2.05, 4.69) is 24.4 Å². The topological polar surface area (TPSA) is 41.5 Å². The lowest BCUT2D eigenvalue weighted by atomic mass is 10.0. The molecule has 0 aliphatic rings. The molecule has 1 N–H and O–H groups in total. The molecule has 0 radical (unpaired) electrons. The van der Waals surface area contributed by atoms with Crippen molar-refractivity contribution in [1.29, 1.82) is 0 Å². The fourth-order valence-electron chi connectivity index (χ4n) is 1.83. The molecule has 1 aromatic heterocycles. The molecule has 0 unspecified atom stereocenters. The summed E-state index contributed by atoms with van der Waals surface area (Å²) in [6.07, 6.45) is 0.828. The normalized spacial score (nSPS) is 11.7. The monoisotopic (exact) mass is 286 g/mol. The Kier molecular flexibility index (Phi) is 5.07. The highest BCUT2D eigenvalue weighted by atomic mass is 32.1. The molecule has 1 aromatic carbocycles. The summed E-state index contributed by atoms with van der Waals surface area (Å²) in [5.41, 5.74) is 4.61. The van der Waals surface area contributed by atoms with Crippen LogP contribution >= 0.6 is 11.3 Å². The van der Waals surface area contributed by atoms with Crippen LogP contribution in [0.25, 0.3) is 0 Å². The molecular formula is C16H18N2OS. The van der Waals surface area contributed by atoms with Gasteiger partial charge in [-0.15, -0.1) is 11.3 Å². The predicted molar refractivity (Wildman–Crippen MR) is 84.2 cm³/mol. The first-order chi connectivity index (χ1) is 9.66. The zero-order valence-corrected chi connectivity index (χ0v) is 12.5. The van der Waals surface area contributed by atoms with Crippen molar-refractivity contribution in [3.05, 3.63) is 58.3 Å². The minimum Gasteiger partial charge on any atom is -0.266 e. The first kappa shape index (κ1) is 14.5. The molecule has 0 aliphatic heterocycles. The average molecular weight is 286 g/mol. The molecular weight excluding hydrogens is 268 g/mol. The largest absolute Gasteiger partial charge is 0.281 e. The number of carbonyl (C=O) groups excluding carboxylic acids is 1. The van der Waals surface area contributed by atoms with Crippen molar-refractivity contribution in [3.63, 3.8) is 0 Å². The molecule has 0 spiro atoms. The third-order valence-electron chi connectivity index (χ3n) is 2.75. The van der Waals surface area contributed by atoms with Crippen LogP contribution in [0.15, 0.2) is 52.9 Å². The van der Waals surface area contributed by atoms with Crippen molar-refractivity contribution in [1.82, 2.24) is 5.43 Å². The van der Waals surface area contributed by atoms with Gasteiger partial charge in [0.15, 0.2) is 0 Å². The fourth-order valence-corrected chi connectivity index (χ4v) is 2.44. The van der Waals surface area contributed by atoms with E-state index in [-0.39, 0.29) is 5.91 Å². The number of hydrogen-bond donors (Lipinski definition) is 1. The Hall–Kier alpha value is -1.94. The Balaban J connectivity index is 2.14. The highest BCUT2D eigenvalue weighted by Crippen LogP contribution is 2.11. The van der Waals surface area contributed by atoms with Crippen LogP contribution in [0.1, 0.15) is 35.5 Å². The van der Waals surface area contributed by atoms with E-state index in [0.29, 0.717) is 10.8 Å². The number of hydrogen-bond acceptors (Lipinski definition) is 3. The Labute approximate surface area is 123 Å². The first-order valence-corrected chi connectivity index (χ1v) is 7.50.